The Labute approximate surface area is 88.4 Å². The molecule has 0 bridgehead atoms. The largest absolute Gasteiger partial charge is 0.596 e. The Morgan fingerprint density at radius 2 is 1.57 bits per heavy atom. The molecule has 0 saturated carbocycles. The molecule has 1 N–H and O–H groups in total. The van der Waals surface area contributed by atoms with Crippen molar-refractivity contribution in [1.82, 2.24) is 4.98 Å². The summed E-state index contributed by atoms with van der Waals surface area (Å²) in [7, 11) is -0.734. The summed E-state index contributed by atoms with van der Waals surface area (Å²) in [5.74, 6) is 0. The maximum atomic E-state index is 5.68. The first-order valence-electron chi connectivity index (χ1n) is 5.35. The molecule has 0 unspecified atom stereocenters. The van der Waals surface area contributed by atoms with Gasteiger partial charge in [-0.3, -0.25) is 4.98 Å². The van der Waals surface area contributed by atoms with Crippen LogP contribution in [0.15, 0.2) is 0 Å². The quantitative estimate of drug-likeness (QED) is 0.473. The lowest BCUT2D eigenvalue weighted by Crippen LogP contribution is -2.57. The van der Waals surface area contributed by atoms with Gasteiger partial charge in [0.2, 0.25) is 0 Å². The molecule has 0 saturated heterocycles. The highest BCUT2D eigenvalue weighted by Gasteiger charge is 2.39. The van der Waals surface area contributed by atoms with Crippen LogP contribution in [0.5, 0.6) is 0 Å². The van der Waals surface area contributed by atoms with Crippen LogP contribution >= 0.6 is 0 Å². The van der Waals surface area contributed by atoms with E-state index in [4.69, 9.17) is 13.3 Å². The Morgan fingerprint density at radius 1 is 1.00 bits per heavy atom. The highest BCUT2D eigenvalue weighted by molar-refractivity contribution is 6.57. The van der Waals surface area contributed by atoms with Crippen LogP contribution in [0, 0.1) is 0 Å². The van der Waals surface area contributed by atoms with Crippen LogP contribution < -0.4 is 4.98 Å². The summed E-state index contributed by atoms with van der Waals surface area (Å²) in [5.41, 5.74) is 0. The molecular weight excluding hydrogens is 198 g/mol. The summed E-state index contributed by atoms with van der Waals surface area (Å²) in [6.07, 6.45) is 2.16. The lowest BCUT2D eigenvalue weighted by Gasteiger charge is -2.27. The van der Waals surface area contributed by atoms with E-state index in [9.17, 15) is 0 Å². The average Bonchev–Trinajstić information content (AvgIpc) is 2.19. The first kappa shape index (κ1) is 14.1. The zero-order valence-corrected chi connectivity index (χ0v) is 10.8. The molecule has 0 aromatic rings. The predicted molar refractivity (Wildman–Crippen MR) is 58.9 cm³/mol. The van der Waals surface area contributed by atoms with Gasteiger partial charge >= 0.3 is 8.97 Å². The molecule has 86 valence electrons. The van der Waals surface area contributed by atoms with Crippen molar-refractivity contribution in [2.24, 2.45) is 0 Å². The van der Waals surface area contributed by atoms with Crippen molar-refractivity contribution in [1.29, 1.82) is 0 Å². The standard InChI is InChI=1S/C9H23NO3Si/c1-5-8-9-13-14(10-4,11-6-2)12-7-3/h10H,5-9H2,1-4H3. The van der Waals surface area contributed by atoms with E-state index < -0.39 is 8.97 Å². The third-order valence-electron chi connectivity index (χ3n) is 1.76. The summed E-state index contributed by atoms with van der Waals surface area (Å²) in [6, 6.07) is 0. The molecule has 0 aliphatic heterocycles. The van der Waals surface area contributed by atoms with Gasteiger partial charge in [0, 0.05) is 19.8 Å². The fraction of sp³-hybridized carbons (Fsp3) is 1.00. The van der Waals surface area contributed by atoms with E-state index in [1.54, 1.807) is 0 Å². The van der Waals surface area contributed by atoms with Crippen LogP contribution in [0.3, 0.4) is 0 Å². The SMILES string of the molecule is CCCCO[Si](NC)(OCC)OCC. The van der Waals surface area contributed by atoms with Gasteiger partial charge in [-0.15, -0.1) is 0 Å². The second-order valence-electron chi connectivity index (χ2n) is 2.87. The van der Waals surface area contributed by atoms with Crippen LogP contribution in [-0.2, 0) is 13.3 Å². The predicted octanol–water partition coefficient (Wildman–Crippen LogP) is 1.53. The minimum Gasteiger partial charge on any atom is -0.361 e. The average molecular weight is 221 g/mol. The third kappa shape index (κ3) is 5.07. The van der Waals surface area contributed by atoms with Gasteiger partial charge in [-0.2, -0.15) is 0 Å². The van der Waals surface area contributed by atoms with Crippen molar-refractivity contribution in [3.8, 4) is 0 Å². The third-order valence-corrected chi connectivity index (χ3v) is 4.30. The summed E-state index contributed by atoms with van der Waals surface area (Å²) in [5, 5.41) is 0. The van der Waals surface area contributed by atoms with Crippen molar-refractivity contribution in [2.45, 2.75) is 33.6 Å². The molecule has 0 radical (unpaired) electrons. The maximum absolute atomic E-state index is 5.68. The van der Waals surface area contributed by atoms with E-state index in [-0.39, 0.29) is 0 Å². The summed E-state index contributed by atoms with van der Waals surface area (Å²) >= 11 is 0. The summed E-state index contributed by atoms with van der Waals surface area (Å²) < 4.78 is 16.8. The van der Waals surface area contributed by atoms with E-state index in [1.165, 1.54) is 0 Å². The lowest BCUT2D eigenvalue weighted by atomic mass is 10.4. The number of hydrogen-bond acceptors (Lipinski definition) is 4. The van der Waals surface area contributed by atoms with Gasteiger partial charge in [0.15, 0.2) is 0 Å². The van der Waals surface area contributed by atoms with Crippen LogP contribution in [0.4, 0.5) is 0 Å². The summed E-state index contributed by atoms with van der Waals surface area (Å²) in [6.45, 7) is 7.94. The van der Waals surface area contributed by atoms with E-state index >= 15 is 0 Å². The Kier molecular flexibility index (Phi) is 8.41. The fourth-order valence-electron chi connectivity index (χ4n) is 1.07. The molecule has 0 aliphatic carbocycles. The molecule has 0 heterocycles. The first-order chi connectivity index (χ1) is 6.74. The Bertz CT molecular complexity index is 129. The van der Waals surface area contributed by atoms with E-state index in [1.807, 2.05) is 20.9 Å². The monoisotopic (exact) mass is 221 g/mol. The number of nitrogens with one attached hydrogen (secondary N) is 1. The molecule has 0 rings (SSSR count). The van der Waals surface area contributed by atoms with Crippen molar-refractivity contribution >= 4 is 8.97 Å². The smallest absolute Gasteiger partial charge is 0.361 e. The van der Waals surface area contributed by atoms with Gasteiger partial charge in [-0.05, 0) is 27.3 Å². The molecule has 0 spiro atoms. The molecule has 0 amide bonds. The molecule has 0 aromatic carbocycles. The van der Waals surface area contributed by atoms with Crippen LogP contribution in [0.2, 0.25) is 0 Å². The Morgan fingerprint density at radius 3 is 1.93 bits per heavy atom. The van der Waals surface area contributed by atoms with Gasteiger partial charge in [-0.25, -0.2) is 0 Å². The first-order valence-corrected chi connectivity index (χ1v) is 7.07. The minimum atomic E-state index is -2.56. The molecular formula is C9H23NO3Si. The molecule has 5 heteroatoms. The normalized spacial score (nSPS) is 12.0. The maximum Gasteiger partial charge on any atom is 0.596 e. The van der Waals surface area contributed by atoms with Crippen molar-refractivity contribution < 1.29 is 13.3 Å². The molecule has 4 nitrogen and oxygen atoms in total. The number of hydrogen-bond donors (Lipinski definition) is 1. The van der Waals surface area contributed by atoms with Gasteiger partial charge in [-0.1, -0.05) is 13.3 Å². The second kappa shape index (κ2) is 8.37. The fourth-order valence-corrected chi connectivity index (χ4v) is 2.93. The number of unbranched alkanes of at least 4 members (excludes halogenated alkanes) is 1. The van der Waals surface area contributed by atoms with Gasteiger partial charge in [0.1, 0.15) is 0 Å². The van der Waals surface area contributed by atoms with Crippen molar-refractivity contribution in [2.75, 3.05) is 26.9 Å². The zero-order chi connectivity index (χ0) is 10.9. The van der Waals surface area contributed by atoms with Gasteiger partial charge < -0.3 is 13.3 Å². The van der Waals surface area contributed by atoms with Crippen LogP contribution in [0.25, 0.3) is 0 Å². The molecule has 0 aliphatic rings. The zero-order valence-electron chi connectivity index (χ0n) is 9.76. The van der Waals surface area contributed by atoms with E-state index in [2.05, 4.69) is 11.9 Å². The van der Waals surface area contributed by atoms with Gasteiger partial charge in [0.25, 0.3) is 0 Å². The van der Waals surface area contributed by atoms with Crippen molar-refractivity contribution in [3.63, 3.8) is 0 Å². The van der Waals surface area contributed by atoms with E-state index in [0.717, 1.165) is 12.8 Å². The molecule has 14 heavy (non-hydrogen) atoms. The van der Waals surface area contributed by atoms with Crippen molar-refractivity contribution in [3.05, 3.63) is 0 Å². The molecule has 0 fully saturated rings. The van der Waals surface area contributed by atoms with Crippen LogP contribution in [-0.4, -0.2) is 35.8 Å². The Balaban J connectivity index is 4.03. The summed E-state index contributed by atoms with van der Waals surface area (Å²) in [4.78, 5) is 3.05. The lowest BCUT2D eigenvalue weighted by molar-refractivity contribution is 0.0573. The van der Waals surface area contributed by atoms with E-state index in [0.29, 0.717) is 19.8 Å². The Hall–Kier alpha value is 0.0569. The minimum absolute atomic E-state index is 0.610. The number of rotatable bonds is 9. The highest BCUT2D eigenvalue weighted by atomic mass is 28.4. The molecule has 0 aromatic heterocycles. The second-order valence-corrected chi connectivity index (χ2v) is 5.35. The van der Waals surface area contributed by atoms with Gasteiger partial charge in [0.05, 0.1) is 0 Å². The topological polar surface area (TPSA) is 39.7 Å². The molecule has 0 atom stereocenters. The van der Waals surface area contributed by atoms with Crippen LogP contribution in [0.1, 0.15) is 33.6 Å². The highest BCUT2D eigenvalue weighted by Crippen LogP contribution is 2.06.